The summed E-state index contributed by atoms with van der Waals surface area (Å²) >= 11 is 0. The van der Waals surface area contributed by atoms with E-state index >= 15 is 0 Å². The Bertz CT molecular complexity index is 4830. The fourth-order valence-electron chi connectivity index (χ4n) is 13.3. The van der Waals surface area contributed by atoms with E-state index < -0.39 is 5.41 Å². The number of nitrogens with zero attached hydrogens (tertiary/aromatic N) is 4. The standard InChI is InChI=1S/C73H54N4O3/c1-71(2,3)43-25-28-45(29-26-43)76(47-30-33-53-51-18-9-13-23-62(51)78-64(53)39-47)61-41-60-67(69-68(61)56-20-15-37-74-70(56)80-69)55-35-32-46(38-59(55)73(60)57-21-11-7-16-49(57)50-17-8-12-22-58(50)73)77(66-36-27-44(42-75-66)72(4,5)6)48-31-34-54-52-19-10-14-24-63(52)79-65(54)40-48/h7-42H,1-6H3. The fraction of sp³-hybridized carbons (Fsp3) is 0.123. The molecule has 0 fully saturated rings. The minimum absolute atomic E-state index is 0.0498. The van der Waals surface area contributed by atoms with Crippen molar-refractivity contribution in [2.75, 3.05) is 9.80 Å². The van der Waals surface area contributed by atoms with Crippen molar-refractivity contribution in [3.63, 3.8) is 0 Å². The summed E-state index contributed by atoms with van der Waals surface area (Å²) in [6, 6.07) is 74.8. The highest BCUT2D eigenvalue weighted by Gasteiger charge is 2.53. The molecule has 384 valence electrons. The number of hydrogen-bond acceptors (Lipinski definition) is 7. The molecular weight excluding hydrogens is 981 g/mol. The molecule has 0 N–H and O–H groups in total. The van der Waals surface area contributed by atoms with Crippen molar-refractivity contribution < 1.29 is 13.3 Å². The highest BCUT2D eigenvalue weighted by Crippen LogP contribution is 2.66. The minimum Gasteiger partial charge on any atom is -0.456 e. The molecule has 0 amide bonds. The van der Waals surface area contributed by atoms with Crippen molar-refractivity contribution in [3.8, 4) is 22.3 Å². The van der Waals surface area contributed by atoms with Crippen LogP contribution in [0.15, 0.2) is 232 Å². The summed E-state index contributed by atoms with van der Waals surface area (Å²) in [4.78, 5) is 14.9. The lowest BCUT2D eigenvalue weighted by molar-refractivity contribution is 0.587. The Hall–Kier alpha value is -9.72. The Morgan fingerprint density at radius 3 is 1.55 bits per heavy atom. The van der Waals surface area contributed by atoms with E-state index in [-0.39, 0.29) is 10.8 Å². The normalized spacial score (nSPS) is 13.5. The van der Waals surface area contributed by atoms with Crippen LogP contribution in [0.3, 0.4) is 0 Å². The predicted octanol–water partition coefficient (Wildman–Crippen LogP) is 20.1. The molecule has 2 aliphatic carbocycles. The zero-order valence-corrected chi connectivity index (χ0v) is 45.3. The molecule has 14 aromatic rings. The smallest absolute Gasteiger partial charge is 0.227 e. The Labute approximate surface area is 463 Å². The number of furan rings is 3. The van der Waals surface area contributed by atoms with E-state index in [9.17, 15) is 0 Å². The molecule has 5 aromatic heterocycles. The van der Waals surface area contributed by atoms with E-state index in [2.05, 4.69) is 227 Å². The number of hydrogen-bond donors (Lipinski definition) is 0. The number of anilines is 6. The van der Waals surface area contributed by atoms with Crippen LogP contribution < -0.4 is 9.80 Å². The summed E-state index contributed by atoms with van der Waals surface area (Å²) in [5.41, 5.74) is 20.3. The maximum absolute atomic E-state index is 7.30. The van der Waals surface area contributed by atoms with Crippen molar-refractivity contribution in [2.24, 2.45) is 0 Å². The van der Waals surface area contributed by atoms with Crippen LogP contribution in [0, 0.1) is 0 Å². The van der Waals surface area contributed by atoms with Gasteiger partial charge in [0.05, 0.1) is 27.6 Å². The first-order valence-corrected chi connectivity index (χ1v) is 27.6. The summed E-state index contributed by atoms with van der Waals surface area (Å²) in [5, 5.41) is 6.23. The van der Waals surface area contributed by atoms with Gasteiger partial charge in [-0.1, -0.05) is 151 Å². The van der Waals surface area contributed by atoms with Gasteiger partial charge in [0.2, 0.25) is 5.71 Å². The number of pyridine rings is 2. The maximum atomic E-state index is 7.30. The second-order valence-corrected chi connectivity index (χ2v) is 23.7. The molecule has 0 atom stereocenters. The Kier molecular flexibility index (Phi) is 9.65. The zero-order valence-electron chi connectivity index (χ0n) is 45.3. The first-order chi connectivity index (χ1) is 38.9. The van der Waals surface area contributed by atoms with Gasteiger partial charge in [-0.2, -0.15) is 0 Å². The number of para-hydroxylation sites is 2. The van der Waals surface area contributed by atoms with Crippen LogP contribution in [0.25, 0.3) is 88.2 Å². The van der Waals surface area contributed by atoms with E-state index in [1.54, 1.807) is 0 Å². The van der Waals surface area contributed by atoms with E-state index in [1.807, 2.05) is 42.7 Å². The molecule has 0 aliphatic heterocycles. The van der Waals surface area contributed by atoms with Crippen LogP contribution in [-0.2, 0) is 16.2 Å². The van der Waals surface area contributed by atoms with Crippen LogP contribution in [-0.4, -0.2) is 9.97 Å². The van der Waals surface area contributed by atoms with E-state index in [1.165, 1.54) is 27.8 Å². The molecular formula is C73H54N4O3. The maximum Gasteiger partial charge on any atom is 0.227 e. The molecule has 1 spiro atoms. The summed E-state index contributed by atoms with van der Waals surface area (Å²) in [6.45, 7) is 13.5. The molecule has 7 heteroatoms. The van der Waals surface area contributed by atoms with Gasteiger partial charge < -0.3 is 18.2 Å². The summed E-state index contributed by atoms with van der Waals surface area (Å²) in [5.74, 6) is 0.799. The summed E-state index contributed by atoms with van der Waals surface area (Å²) < 4.78 is 20.6. The van der Waals surface area contributed by atoms with Crippen molar-refractivity contribution >= 4 is 100 Å². The van der Waals surface area contributed by atoms with E-state index in [4.69, 9.17) is 23.2 Å². The number of benzene rings is 9. The summed E-state index contributed by atoms with van der Waals surface area (Å²) in [6.07, 6.45) is 3.85. The molecule has 0 bridgehead atoms. The lowest BCUT2D eigenvalue weighted by Gasteiger charge is -2.33. The van der Waals surface area contributed by atoms with Gasteiger partial charge in [0.25, 0.3) is 0 Å². The number of fused-ring (bicyclic) bond motifs is 20. The third kappa shape index (κ3) is 6.61. The van der Waals surface area contributed by atoms with Gasteiger partial charge in [-0.05, 0) is 146 Å². The second kappa shape index (κ2) is 16.7. The molecule has 0 radical (unpaired) electrons. The van der Waals surface area contributed by atoms with Gasteiger partial charge >= 0.3 is 0 Å². The highest BCUT2D eigenvalue weighted by atomic mass is 16.3. The lowest BCUT2D eigenvalue weighted by Crippen LogP contribution is -2.26. The van der Waals surface area contributed by atoms with Crippen molar-refractivity contribution in [2.45, 2.75) is 57.8 Å². The van der Waals surface area contributed by atoms with Crippen LogP contribution in [0.4, 0.5) is 34.3 Å². The van der Waals surface area contributed by atoms with Crippen molar-refractivity contribution in [1.82, 2.24) is 9.97 Å². The Morgan fingerprint density at radius 2 is 0.925 bits per heavy atom. The lowest BCUT2D eigenvalue weighted by atomic mass is 9.70. The van der Waals surface area contributed by atoms with Gasteiger partial charge in [0, 0.05) is 68.7 Å². The van der Waals surface area contributed by atoms with Crippen LogP contribution in [0.2, 0.25) is 0 Å². The van der Waals surface area contributed by atoms with Gasteiger partial charge in [0.1, 0.15) is 33.7 Å². The van der Waals surface area contributed by atoms with Crippen LogP contribution >= 0.6 is 0 Å². The van der Waals surface area contributed by atoms with E-state index in [0.717, 1.165) is 122 Å². The van der Waals surface area contributed by atoms with Crippen LogP contribution in [0.5, 0.6) is 0 Å². The summed E-state index contributed by atoms with van der Waals surface area (Å²) in [7, 11) is 0. The molecule has 7 nitrogen and oxygen atoms in total. The quantitative estimate of drug-likeness (QED) is 0.164. The third-order valence-corrected chi connectivity index (χ3v) is 17.1. The van der Waals surface area contributed by atoms with Gasteiger partial charge in [0.15, 0.2) is 0 Å². The first kappa shape index (κ1) is 46.4. The largest absolute Gasteiger partial charge is 0.456 e. The molecule has 5 heterocycles. The molecule has 2 aliphatic rings. The third-order valence-electron chi connectivity index (χ3n) is 17.1. The average molecular weight is 1040 g/mol. The Morgan fingerprint density at radius 1 is 0.388 bits per heavy atom. The second-order valence-electron chi connectivity index (χ2n) is 23.7. The first-order valence-electron chi connectivity index (χ1n) is 27.6. The van der Waals surface area contributed by atoms with E-state index in [0.29, 0.717) is 5.71 Å². The topological polar surface area (TPSA) is 71.7 Å². The van der Waals surface area contributed by atoms with Gasteiger partial charge in [-0.15, -0.1) is 0 Å². The molecule has 80 heavy (non-hydrogen) atoms. The van der Waals surface area contributed by atoms with Gasteiger partial charge in [-0.25, -0.2) is 9.97 Å². The average Bonchev–Trinajstić information content (AvgIpc) is 2.84. The molecule has 0 saturated heterocycles. The van der Waals surface area contributed by atoms with Crippen molar-refractivity contribution in [1.29, 1.82) is 0 Å². The molecule has 0 unspecified atom stereocenters. The zero-order chi connectivity index (χ0) is 53.8. The Balaban J connectivity index is 1.00. The molecule has 9 aromatic carbocycles. The minimum atomic E-state index is -0.800. The number of aromatic nitrogens is 2. The van der Waals surface area contributed by atoms with Gasteiger partial charge in [-0.3, -0.25) is 4.90 Å². The highest BCUT2D eigenvalue weighted by molar-refractivity contribution is 6.20. The molecule has 16 rings (SSSR count). The fourth-order valence-corrected chi connectivity index (χ4v) is 13.3. The van der Waals surface area contributed by atoms with Crippen LogP contribution in [0.1, 0.15) is 74.9 Å². The van der Waals surface area contributed by atoms with Crippen molar-refractivity contribution in [3.05, 3.63) is 252 Å². The predicted molar refractivity (Wildman–Crippen MR) is 327 cm³/mol. The monoisotopic (exact) mass is 1030 g/mol. The SMILES string of the molecule is CC(C)(C)c1ccc(N(c2ccc3c(c2)oc2ccccc23)c2cc3c(c4oc5ncccc5c24)-c2ccc(N(c4ccc5c(c4)oc4ccccc45)c4ccc(C(C)(C)C)cn4)cc2C32c3ccccc3-c3ccccc32)cc1. The number of rotatable bonds is 6. The molecule has 0 saturated carbocycles.